The van der Waals surface area contributed by atoms with Gasteiger partial charge in [0.1, 0.15) is 27.9 Å². The Morgan fingerprint density at radius 2 is 1.00 bits per heavy atom. The van der Waals surface area contributed by atoms with Crippen LogP contribution < -0.4 is 4.90 Å². The molecule has 10 aromatic rings. The Morgan fingerprint density at radius 3 is 1.91 bits per heavy atom. The quantitative estimate of drug-likeness (QED) is 0.214. The van der Waals surface area contributed by atoms with E-state index in [2.05, 4.69) is 114 Å². The molecule has 3 aromatic heterocycles. The number of hydrogen-bond donors (Lipinski definition) is 0. The minimum atomic E-state index is 0.834. The van der Waals surface area contributed by atoms with Crippen LogP contribution in [0.15, 0.2) is 153 Å². The van der Waals surface area contributed by atoms with Gasteiger partial charge in [-0.25, -0.2) is 0 Å². The summed E-state index contributed by atoms with van der Waals surface area (Å²) in [5, 5.41) is 8.72. The van der Waals surface area contributed by atoms with Crippen LogP contribution in [-0.4, -0.2) is 0 Å². The van der Waals surface area contributed by atoms with Crippen molar-refractivity contribution in [3.05, 3.63) is 140 Å². The molecular formula is C40H23NO3. The SMILES string of the molecule is c1ccc2c(c1)ccc1c3cccc(N(c4ccc5oc6ccccc6c5c4)c4cccc5oc6ccccc6c45)c3oc21. The fourth-order valence-electron chi connectivity index (χ4n) is 6.89. The number of furan rings is 3. The van der Waals surface area contributed by atoms with E-state index in [-0.39, 0.29) is 0 Å². The molecule has 4 heteroatoms. The summed E-state index contributed by atoms with van der Waals surface area (Å²) < 4.78 is 19.4. The average Bonchev–Trinajstić information content (AvgIpc) is 3.77. The summed E-state index contributed by atoms with van der Waals surface area (Å²) in [6.45, 7) is 0. The van der Waals surface area contributed by atoms with Gasteiger partial charge < -0.3 is 18.2 Å². The summed E-state index contributed by atoms with van der Waals surface area (Å²) >= 11 is 0. The van der Waals surface area contributed by atoms with Gasteiger partial charge in [-0.3, -0.25) is 0 Å². The van der Waals surface area contributed by atoms with E-state index in [1.807, 2.05) is 30.3 Å². The van der Waals surface area contributed by atoms with E-state index in [1.54, 1.807) is 0 Å². The van der Waals surface area contributed by atoms with Crippen molar-refractivity contribution < 1.29 is 13.3 Å². The van der Waals surface area contributed by atoms with Gasteiger partial charge in [-0.2, -0.15) is 0 Å². The van der Waals surface area contributed by atoms with Crippen LogP contribution in [0.1, 0.15) is 0 Å². The number of anilines is 3. The highest BCUT2D eigenvalue weighted by Crippen LogP contribution is 2.47. The van der Waals surface area contributed by atoms with E-state index < -0.39 is 0 Å². The highest BCUT2D eigenvalue weighted by atomic mass is 16.3. The molecule has 3 heterocycles. The molecule has 0 amide bonds. The molecule has 206 valence electrons. The van der Waals surface area contributed by atoms with E-state index >= 15 is 0 Å². The summed E-state index contributed by atoms with van der Waals surface area (Å²) in [6.07, 6.45) is 0. The number of benzene rings is 7. The summed E-state index contributed by atoms with van der Waals surface area (Å²) in [6, 6.07) is 48.3. The van der Waals surface area contributed by atoms with Crippen molar-refractivity contribution in [3.63, 3.8) is 0 Å². The van der Waals surface area contributed by atoms with Gasteiger partial charge >= 0.3 is 0 Å². The summed E-state index contributed by atoms with van der Waals surface area (Å²) in [5.74, 6) is 0. The average molecular weight is 566 g/mol. The molecule has 44 heavy (non-hydrogen) atoms. The molecule has 0 unspecified atom stereocenters. The zero-order valence-electron chi connectivity index (χ0n) is 23.5. The fraction of sp³-hybridized carbons (Fsp3) is 0. The number of fused-ring (bicyclic) bond motifs is 11. The molecule has 0 spiro atoms. The van der Waals surface area contributed by atoms with Gasteiger partial charge in [0.2, 0.25) is 0 Å². The first kappa shape index (κ1) is 23.6. The Kier molecular flexibility index (Phi) is 4.69. The van der Waals surface area contributed by atoms with Crippen LogP contribution in [0.3, 0.4) is 0 Å². The third-order valence-electron chi connectivity index (χ3n) is 8.85. The van der Waals surface area contributed by atoms with Gasteiger partial charge in [0, 0.05) is 38.0 Å². The van der Waals surface area contributed by atoms with Crippen molar-refractivity contribution in [2.75, 3.05) is 4.90 Å². The third kappa shape index (κ3) is 3.22. The lowest BCUT2D eigenvalue weighted by atomic mass is 10.0. The number of rotatable bonds is 3. The monoisotopic (exact) mass is 565 g/mol. The van der Waals surface area contributed by atoms with Crippen molar-refractivity contribution >= 4 is 93.7 Å². The van der Waals surface area contributed by atoms with Crippen molar-refractivity contribution in [2.24, 2.45) is 0 Å². The normalized spacial score (nSPS) is 12.1. The first-order chi connectivity index (χ1) is 21.8. The van der Waals surface area contributed by atoms with Gasteiger partial charge in [-0.1, -0.05) is 84.9 Å². The lowest BCUT2D eigenvalue weighted by molar-refractivity contribution is 0.668. The Bertz CT molecular complexity index is 2740. The molecule has 0 N–H and O–H groups in total. The molecule has 7 aromatic carbocycles. The van der Waals surface area contributed by atoms with Crippen molar-refractivity contribution in [2.45, 2.75) is 0 Å². The maximum absolute atomic E-state index is 6.86. The molecule has 0 saturated heterocycles. The minimum absolute atomic E-state index is 0.834. The molecule has 0 saturated carbocycles. The topological polar surface area (TPSA) is 42.7 Å². The third-order valence-corrected chi connectivity index (χ3v) is 8.85. The zero-order chi connectivity index (χ0) is 28.8. The maximum Gasteiger partial charge on any atom is 0.159 e. The molecule has 0 radical (unpaired) electrons. The Hall–Kier alpha value is -6.00. The second kappa shape index (κ2) is 8.76. The van der Waals surface area contributed by atoms with E-state index in [4.69, 9.17) is 13.3 Å². The van der Waals surface area contributed by atoms with Gasteiger partial charge in [-0.15, -0.1) is 0 Å². The van der Waals surface area contributed by atoms with Crippen LogP contribution >= 0.6 is 0 Å². The fourth-order valence-corrected chi connectivity index (χ4v) is 6.89. The maximum atomic E-state index is 6.86. The largest absolute Gasteiger partial charge is 0.456 e. The van der Waals surface area contributed by atoms with Crippen LogP contribution in [0.2, 0.25) is 0 Å². The van der Waals surface area contributed by atoms with Crippen molar-refractivity contribution in [1.29, 1.82) is 0 Å². The number of hydrogen-bond acceptors (Lipinski definition) is 4. The smallest absolute Gasteiger partial charge is 0.159 e. The molecule has 0 bridgehead atoms. The molecule has 10 rings (SSSR count). The van der Waals surface area contributed by atoms with Gasteiger partial charge in [-0.05, 0) is 60.0 Å². The van der Waals surface area contributed by atoms with Crippen LogP contribution in [0.4, 0.5) is 17.1 Å². The predicted molar refractivity (Wildman–Crippen MR) is 180 cm³/mol. The first-order valence-corrected chi connectivity index (χ1v) is 14.8. The Morgan fingerprint density at radius 1 is 0.364 bits per heavy atom. The molecule has 0 fully saturated rings. The number of nitrogens with zero attached hydrogens (tertiary/aromatic N) is 1. The molecule has 4 nitrogen and oxygen atoms in total. The van der Waals surface area contributed by atoms with E-state index in [1.165, 1.54) is 0 Å². The minimum Gasteiger partial charge on any atom is -0.456 e. The molecule has 0 atom stereocenters. The van der Waals surface area contributed by atoms with Gasteiger partial charge in [0.25, 0.3) is 0 Å². The Balaban J connectivity index is 1.33. The first-order valence-electron chi connectivity index (χ1n) is 14.8. The summed E-state index contributed by atoms with van der Waals surface area (Å²) in [4.78, 5) is 2.30. The second-order valence-electron chi connectivity index (χ2n) is 11.3. The van der Waals surface area contributed by atoms with E-state index in [0.717, 1.165) is 93.7 Å². The lowest BCUT2D eigenvalue weighted by Gasteiger charge is -2.26. The van der Waals surface area contributed by atoms with Crippen LogP contribution in [0.25, 0.3) is 76.6 Å². The van der Waals surface area contributed by atoms with Gasteiger partial charge in [0.05, 0.1) is 16.8 Å². The lowest BCUT2D eigenvalue weighted by Crippen LogP contribution is -2.10. The molecular weight excluding hydrogens is 542 g/mol. The molecule has 0 aliphatic rings. The second-order valence-corrected chi connectivity index (χ2v) is 11.3. The molecule has 0 aliphatic carbocycles. The standard InChI is InChI=1S/C40H23NO3/c1-2-10-26-24(9-1)19-21-29-28-13-7-15-33(40(28)44-39(26)29)41(25-20-22-36-31(23-25)27-11-3-5-16-34(27)42-36)32-14-8-18-37-38(32)30-12-4-6-17-35(30)43-37/h1-23H. The van der Waals surface area contributed by atoms with Crippen molar-refractivity contribution in [1.82, 2.24) is 0 Å². The highest BCUT2D eigenvalue weighted by molar-refractivity contribution is 6.19. The van der Waals surface area contributed by atoms with E-state index in [9.17, 15) is 0 Å². The van der Waals surface area contributed by atoms with Crippen LogP contribution in [-0.2, 0) is 0 Å². The summed E-state index contributed by atoms with van der Waals surface area (Å²) in [5.41, 5.74) is 8.13. The zero-order valence-corrected chi connectivity index (χ0v) is 23.5. The van der Waals surface area contributed by atoms with Crippen molar-refractivity contribution in [3.8, 4) is 0 Å². The predicted octanol–water partition coefficient (Wildman–Crippen LogP) is 12.0. The van der Waals surface area contributed by atoms with Crippen LogP contribution in [0.5, 0.6) is 0 Å². The van der Waals surface area contributed by atoms with E-state index in [0.29, 0.717) is 0 Å². The summed E-state index contributed by atoms with van der Waals surface area (Å²) in [7, 11) is 0. The van der Waals surface area contributed by atoms with Crippen LogP contribution in [0, 0.1) is 0 Å². The van der Waals surface area contributed by atoms with Gasteiger partial charge in [0.15, 0.2) is 5.58 Å². The molecule has 0 aliphatic heterocycles. The highest BCUT2D eigenvalue weighted by Gasteiger charge is 2.24. The Labute approximate surface area is 250 Å². The number of para-hydroxylation sites is 3.